The van der Waals surface area contributed by atoms with Crippen molar-refractivity contribution in [2.75, 3.05) is 11.5 Å². The van der Waals surface area contributed by atoms with Crippen LogP contribution in [0.25, 0.3) is 11.1 Å². The van der Waals surface area contributed by atoms with Gasteiger partial charge in [0.25, 0.3) is 0 Å². The van der Waals surface area contributed by atoms with Crippen molar-refractivity contribution in [3.63, 3.8) is 0 Å². The topological polar surface area (TPSA) is 86.2 Å². The molecule has 2 aromatic rings. The van der Waals surface area contributed by atoms with Crippen LogP contribution in [0.15, 0.2) is 36.4 Å². The van der Waals surface area contributed by atoms with Crippen LogP contribution in [-0.2, 0) is 0 Å². The zero-order valence-electron chi connectivity index (χ0n) is 10.2. The average molecular weight is 492 g/mol. The number of hydrogen-bond acceptors (Lipinski definition) is 4. The first-order valence-corrected chi connectivity index (χ1v) is 7.75. The van der Waals surface area contributed by atoms with Crippen molar-refractivity contribution in [3.05, 3.63) is 47.5 Å². The van der Waals surface area contributed by atoms with Crippen molar-refractivity contribution in [1.29, 1.82) is 0 Å². The van der Waals surface area contributed by atoms with Crippen LogP contribution < -0.4 is 11.5 Å². The molecular weight excluding hydrogens is 482 g/mol. The van der Waals surface area contributed by atoms with E-state index in [0.29, 0.717) is 33.6 Å². The van der Waals surface area contributed by atoms with E-state index in [-0.39, 0.29) is 7.58 Å². The summed E-state index contributed by atoms with van der Waals surface area (Å²) in [4.78, 5) is 23.5. The second-order valence-corrected chi connectivity index (χ2v) is 6.12. The van der Waals surface area contributed by atoms with E-state index in [1.807, 2.05) is 0 Å². The molecule has 0 spiro atoms. The lowest BCUT2D eigenvalue weighted by atomic mass is 9.95. The maximum absolute atomic E-state index is 11.8. The molecule has 0 atom stereocenters. The Balaban J connectivity index is 2.75. The lowest BCUT2D eigenvalue weighted by molar-refractivity contribution is 0.109. The summed E-state index contributed by atoms with van der Waals surface area (Å²) in [6.07, 6.45) is 0. The highest BCUT2D eigenvalue weighted by molar-refractivity contribution is 14.1. The van der Waals surface area contributed by atoms with Gasteiger partial charge in [0.1, 0.15) is 0 Å². The number of carbonyl (C=O) groups excluding carboxylic acids is 2. The van der Waals surface area contributed by atoms with Crippen LogP contribution in [0.5, 0.6) is 0 Å². The van der Waals surface area contributed by atoms with Gasteiger partial charge in [0.15, 0.2) is 0 Å². The highest BCUT2D eigenvalue weighted by Crippen LogP contribution is 2.32. The van der Waals surface area contributed by atoms with Gasteiger partial charge in [-0.15, -0.1) is 0 Å². The molecular formula is C14H10I2N2O2. The van der Waals surface area contributed by atoms with Crippen molar-refractivity contribution in [3.8, 4) is 11.1 Å². The molecule has 0 aliphatic carbocycles. The van der Waals surface area contributed by atoms with Gasteiger partial charge < -0.3 is 11.5 Å². The zero-order chi connectivity index (χ0) is 14.9. The molecule has 6 heteroatoms. The van der Waals surface area contributed by atoms with Gasteiger partial charge in [-0.1, -0.05) is 12.1 Å². The van der Waals surface area contributed by atoms with Crippen LogP contribution >= 0.6 is 45.2 Å². The smallest absolute Gasteiger partial charge is 0.223 e. The molecule has 0 heterocycles. The molecule has 2 aromatic carbocycles. The second kappa shape index (κ2) is 6.08. The lowest BCUT2D eigenvalue weighted by Crippen LogP contribution is -2.01. The minimum Gasteiger partial charge on any atom is -0.399 e. The number of anilines is 2. The Labute approximate surface area is 143 Å². The van der Waals surface area contributed by atoms with Gasteiger partial charge in [0.05, 0.1) is 0 Å². The summed E-state index contributed by atoms with van der Waals surface area (Å²) in [6, 6.07) is 10.1. The third-order valence-electron chi connectivity index (χ3n) is 2.80. The van der Waals surface area contributed by atoms with E-state index in [2.05, 4.69) is 0 Å². The van der Waals surface area contributed by atoms with Crippen LogP contribution in [0.2, 0.25) is 0 Å². The van der Waals surface area contributed by atoms with Gasteiger partial charge in [0, 0.05) is 67.7 Å². The summed E-state index contributed by atoms with van der Waals surface area (Å²) in [5, 5.41) is 0. The number of halogens is 2. The summed E-state index contributed by atoms with van der Waals surface area (Å²) >= 11 is 3.41. The number of benzene rings is 2. The summed E-state index contributed by atoms with van der Waals surface area (Å²) in [6.45, 7) is 0. The number of rotatable bonds is 3. The normalized spacial score (nSPS) is 10.3. The fraction of sp³-hybridized carbons (Fsp3) is 0. The highest BCUT2D eigenvalue weighted by Gasteiger charge is 2.16. The van der Waals surface area contributed by atoms with Crippen LogP contribution in [0.4, 0.5) is 11.4 Å². The zero-order valence-corrected chi connectivity index (χ0v) is 14.5. The second-order valence-electron chi connectivity index (χ2n) is 4.16. The SMILES string of the molecule is Nc1ccc(-c2ccc(N)cc2C(=O)I)c(C(=O)I)c1. The van der Waals surface area contributed by atoms with Crippen LogP contribution in [0, 0.1) is 0 Å². The van der Waals surface area contributed by atoms with E-state index in [9.17, 15) is 9.59 Å². The van der Waals surface area contributed by atoms with Crippen LogP contribution in [0.1, 0.15) is 20.7 Å². The van der Waals surface area contributed by atoms with E-state index < -0.39 is 0 Å². The third kappa shape index (κ3) is 3.11. The van der Waals surface area contributed by atoms with Crippen LogP contribution in [-0.4, -0.2) is 7.58 Å². The summed E-state index contributed by atoms with van der Waals surface area (Å²) in [5.74, 6) is 0. The first-order chi connectivity index (χ1) is 9.40. The minimum atomic E-state index is -0.131. The van der Waals surface area contributed by atoms with E-state index in [4.69, 9.17) is 11.5 Å². The predicted molar refractivity (Wildman–Crippen MR) is 97.4 cm³/mol. The maximum atomic E-state index is 11.8. The van der Waals surface area contributed by atoms with Gasteiger partial charge >= 0.3 is 0 Å². The van der Waals surface area contributed by atoms with Gasteiger partial charge in [-0.05, 0) is 35.4 Å². The largest absolute Gasteiger partial charge is 0.399 e. The third-order valence-corrected chi connectivity index (χ3v) is 3.96. The van der Waals surface area contributed by atoms with Gasteiger partial charge in [-0.3, -0.25) is 9.59 Å². The molecule has 4 N–H and O–H groups in total. The Morgan fingerprint density at radius 2 is 1.10 bits per heavy atom. The van der Waals surface area contributed by atoms with Gasteiger partial charge in [-0.25, -0.2) is 0 Å². The molecule has 0 aliphatic heterocycles. The molecule has 0 aliphatic rings. The Kier molecular flexibility index (Phi) is 4.63. The first-order valence-electron chi connectivity index (χ1n) is 5.59. The quantitative estimate of drug-likeness (QED) is 0.389. The summed E-state index contributed by atoms with van der Waals surface area (Å²) in [5.41, 5.74) is 14.8. The van der Waals surface area contributed by atoms with Crippen molar-refractivity contribution >= 4 is 64.1 Å². The van der Waals surface area contributed by atoms with Crippen molar-refractivity contribution in [2.45, 2.75) is 0 Å². The highest BCUT2D eigenvalue weighted by atomic mass is 127. The number of nitrogen functional groups attached to an aromatic ring is 2. The molecule has 102 valence electrons. The van der Waals surface area contributed by atoms with E-state index in [0.717, 1.165) is 0 Å². The van der Waals surface area contributed by atoms with Crippen molar-refractivity contribution < 1.29 is 9.59 Å². The lowest BCUT2D eigenvalue weighted by Gasteiger charge is -2.11. The average Bonchev–Trinajstić information content (AvgIpc) is 2.38. The fourth-order valence-electron chi connectivity index (χ4n) is 1.92. The maximum Gasteiger partial charge on any atom is 0.223 e. The monoisotopic (exact) mass is 492 g/mol. The van der Waals surface area contributed by atoms with E-state index in [1.54, 1.807) is 81.6 Å². The van der Waals surface area contributed by atoms with Crippen molar-refractivity contribution in [2.24, 2.45) is 0 Å². The van der Waals surface area contributed by atoms with E-state index in [1.165, 1.54) is 0 Å². The first kappa shape index (κ1) is 15.2. The van der Waals surface area contributed by atoms with E-state index >= 15 is 0 Å². The minimum absolute atomic E-state index is 0.131. The van der Waals surface area contributed by atoms with Crippen molar-refractivity contribution in [1.82, 2.24) is 0 Å². The number of hydrogen-bond donors (Lipinski definition) is 2. The molecule has 0 fully saturated rings. The predicted octanol–water partition coefficient (Wildman–Crippen LogP) is 3.67. The Morgan fingerprint density at radius 1 is 0.750 bits per heavy atom. The fourth-order valence-corrected chi connectivity index (χ4v) is 2.81. The van der Waals surface area contributed by atoms with Crippen LogP contribution in [0.3, 0.4) is 0 Å². The Hall–Kier alpha value is -1.16. The number of carbonyl (C=O) groups is 2. The molecule has 0 aromatic heterocycles. The molecule has 4 nitrogen and oxygen atoms in total. The summed E-state index contributed by atoms with van der Waals surface area (Å²) < 4.78 is -0.262. The molecule has 0 saturated heterocycles. The molecule has 20 heavy (non-hydrogen) atoms. The molecule has 2 rings (SSSR count). The van der Waals surface area contributed by atoms with Gasteiger partial charge in [0.2, 0.25) is 7.58 Å². The molecule has 0 radical (unpaired) electrons. The molecule has 0 saturated carbocycles. The Bertz CT molecular complexity index is 653. The molecule has 0 unspecified atom stereocenters. The molecule has 0 bridgehead atoms. The number of nitrogens with two attached hydrogens (primary N) is 2. The Morgan fingerprint density at radius 3 is 1.40 bits per heavy atom. The summed E-state index contributed by atoms with van der Waals surface area (Å²) in [7, 11) is 0. The molecule has 0 amide bonds. The van der Waals surface area contributed by atoms with Gasteiger partial charge in [-0.2, -0.15) is 0 Å². The standard InChI is InChI=1S/C14H10I2N2O2/c15-13(19)11-5-7(17)1-3-9(11)10-4-2-8(18)6-12(10)14(16)20/h1-6H,17-18H2.